The minimum absolute atomic E-state index is 0.151. The molecule has 0 aliphatic rings. The Morgan fingerprint density at radius 3 is 2.15 bits per heavy atom. The lowest BCUT2D eigenvalue weighted by atomic mass is 10.1. The van der Waals surface area contributed by atoms with E-state index in [0.717, 1.165) is 11.1 Å². The van der Waals surface area contributed by atoms with E-state index in [4.69, 9.17) is 11.6 Å². The number of hydrogen-bond donors (Lipinski definition) is 2. The van der Waals surface area contributed by atoms with Crippen molar-refractivity contribution in [1.82, 2.24) is 10.2 Å². The summed E-state index contributed by atoms with van der Waals surface area (Å²) in [4.78, 5) is 12.1. The predicted molar refractivity (Wildman–Crippen MR) is 104 cm³/mol. The summed E-state index contributed by atoms with van der Waals surface area (Å²) >= 11 is 5.84. The lowest BCUT2D eigenvalue weighted by Gasteiger charge is -2.07. The highest BCUT2D eigenvalue weighted by molar-refractivity contribution is 6.30. The molecule has 0 aliphatic carbocycles. The van der Waals surface area contributed by atoms with E-state index in [0.29, 0.717) is 23.2 Å². The molecule has 0 atom stereocenters. The van der Waals surface area contributed by atoms with Gasteiger partial charge in [-0.3, -0.25) is 4.79 Å². The second-order valence-electron chi connectivity index (χ2n) is 5.99. The van der Waals surface area contributed by atoms with Gasteiger partial charge in [-0.1, -0.05) is 53.6 Å². The van der Waals surface area contributed by atoms with Gasteiger partial charge in [0, 0.05) is 11.6 Å². The van der Waals surface area contributed by atoms with Gasteiger partial charge < -0.3 is 10.6 Å². The Hall–Kier alpha value is -2.92. The Morgan fingerprint density at radius 1 is 0.885 bits per heavy atom. The maximum absolute atomic E-state index is 12.1. The summed E-state index contributed by atoms with van der Waals surface area (Å²) in [5.74, 6) is 0.924. The normalized spacial score (nSPS) is 10.4. The van der Waals surface area contributed by atoms with Crippen LogP contribution in [0.2, 0.25) is 5.02 Å². The van der Waals surface area contributed by atoms with Crippen molar-refractivity contribution in [3.8, 4) is 0 Å². The number of carbonyl (C=O) groups excluding carboxylic acids is 1. The van der Waals surface area contributed by atoms with Crippen LogP contribution in [0.25, 0.3) is 0 Å². The van der Waals surface area contributed by atoms with Crippen molar-refractivity contribution >= 4 is 29.1 Å². The molecule has 3 rings (SSSR count). The van der Waals surface area contributed by atoms with Crippen molar-refractivity contribution in [2.75, 3.05) is 10.6 Å². The van der Waals surface area contributed by atoms with Crippen LogP contribution < -0.4 is 10.6 Å². The molecule has 3 aromatic rings. The second kappa shape index (κ2) is 8.45. The highest BCUT2D eigenvalue weighted by atomic mass is 35.5. The van der Waals surface area contributed by atoms with Gasteiger partial charge in [-0.05, 0) is 42.3 Å². The van der Waals surface area contributed by atoms with Crippen LogP contribution in [0.4, 0.5) is 11.6 Å². The van der Waals surface area contributed by atoms with E-state index in [1.54, 1.807) is 24.3 Å². The fraction of sp³-hybridized carbons (Fsp3) is 0.150. The van der Waals surface area contributed by atoms with Gasteiger partial charge in [-0.2, -0.15) is 0 Å². The SMILES string of the molecule is Cc1ccc(CNc2ccc(NC(=O)Cc3ccc(Cl)cc3)nn2)cc1. The summed E-state index contributed by atoms with van der Waals surface area (Å²) in [6.07, 6.45) is 0.256. The summed E-state index contributed by atoms with van der Waals surface area (Å²) in [5.41, 5.74) is 3.28. The number of nitrogens with zero attached hydrogens (tertiary/aromatic N) is 2. The number of nitrogens with one attached hydrogen (secondary N) is 2. The molecule has 132 valence electrons. The number of hydrogen-bond acceptors (Lipinski definition) is 4. The number of anilines is 2. The first-order chi connectivity index (χ1) is 12.6. The molecule has 1 amide bonds. The molecule has 0 fully saturated rings. The molecule has 0 saturated carbocycles. The van der Waals surface area contributed by atoms with Gasteiger partial charge in [0.15, 0.2) is 5.82 Å². The van der Waals surface area contributed by atoms with E-state index in [1.807, 2.05) is 12.1 Å². The van der Waals surface area contributed by atoms with Gasteiger partial charge in [-0.25, -0.2) is 0 Å². The molecule has 26 heavy (non-hydrogen) atoms. The molecule has 1 heterocycles. The number of rotatable bonds is 6. The molecule has 0 unspecified atom stereocenters. The van der Waals surface area contributed by atoms with Crippen molar-refractivity contribution < 1.29 is 4.79 Å². The van der Waals surface area contributed by atoms with Crippen LogP contribution in [0.1, 0.15) is 16.7 Å². The number of aromatic nitrogens is 2. The summed E-state index contributed by atoms with van der Waals surface area (Å²) in [6.45, 7) is 2.72. The molecule has 1 aromatic heterocycles. The third-order valence-electron chi connectivity index (χ3n) is 3.80. The first-order valence-electron chi connectivity index (χ1n) is 8.26. The monoisotopic (exact) mass is 366 g/mol. The Kier molecular flexibility index (Phi) is 5.81. The van der Waals surface area contributed by atoms with Crippen molar-refractivity contribution in [2.45, 2.75) is 19.9 Å². The van der Waals surface area contributed by atoms with E-state index in [9.17, 15) is 4.79 Å². The van der Waals surface area contributed by atoms with Gasteiger partial charge in [0.05, 0.1) is 6.42 Å². The molecular weight excluding hydrogens is 348 g/mol. The minimum atomic E-state index is -0.151. The molecule has 6 heteroatoms. The number of amides is 1. The van der Waals surface area contributed by atoms with E-state index in [1.165, 1.54) is 5.56 Å². The average Bonchev–Trinajstić information content (AvgIpc) is 2.64. The maximum Gasteiger partial charge on any atom is 0.229 e. The summed E-state index contributed by atoms with van der Waals surface area (Å²) in [5, 5.41) is 14.7. The lowest BCUT2D eigenvalue weighted by molar-refractivity contribution is -0.115. The van der Waals surface area contributed by atoms with Crippen LogP contribution >= 0.6 is 11.6 Å². The third-order valence-corrected chi connectivity index (χ3v) is 4.06. The molecule has 2 N–H and O–H groups in total. The van der Waals surface area contributed by atoms with Crippen LogP contribution in [-0.2, 0) is 17.8 Å². The van der Waals surface area contributed by atoms with Crippen molar-refractivity contribution in [3.63, 3.8) is 0 Å². The van der Waals surface area contributed by atoms with Crippen molar-refractivity contribution in [2.24, 2.45) is 0 Å². The molecule has 0 radical (unpaired) electrons. The maximum atomic E-state index is 12.1. The van der Waals surface area contributed by atoms with Crippen LogP contribution in [0, 0.1) is 6.92 Å². The predicted octanol–water partition coefficient (Wildman–Crippen LogP) is 4.23. The van der Waals surface area contributed by atoms with Gasteiger partial charge in [0.25, 0.3) is 0 Å². The first kappa shape index (κ1) is 17.9. The number of aryl methyl sites for hydroxylation is 1. The molecular formula is C20H19ClN4O. The standard InChI is InChI=1S/C20H19ClN4O/c1-14-2-4-16(5-3-14)13-22-18-10-11-19(25-24-18)23-20(26)12-15-6-8-17(21)9-7-15/h2-11H,12-13H2,1H3,(H,22,24)(H,23,25,26). The molecule has 0 saturated heterocycles. The first-order valence-corrected chi connectivity index (χ1v) is 8.64. The minimum Gasteiger partial charge on any atom is -0.365 e. The van der Waals surface area contributed by atoms with Crippen LogP contribution in [-0.4, -0.2) is 16.1 Å². The molecule has 0 spiro atoms. The van der Waals surface area contributed by atoms with Crippen LogP contribution in [0.15, 0.2) is 60.7 Å². The number of benzene rings is 2. The number of halogens is 1. The molecule has 5 nitrogen and oxygen atoms in total. The quantitative estimate of drug-likeness (QED) is 0.685. The third kappa shape index (κ3) is 5.29. The molecule has 0 bridgehead atoms. The largest absolute Gasteiger partial charge is 0.365 e. The Bertz CT molecular complexity index is 862. The van der Waals surface area contributed by atoms with Crippen molar-refractivity contribution in [1.29, 1.82) is 0 Å². The van der Waals surface area contributed by atoms with Gasteiger partial charge in [-0.15, -0.1) is 10.2 Å². The summed E-state index contributed by atoms with van der Waals surface area (Å²) in [7, 11) is 0. The topological polar surface area (TPSA) is 66.9 Å². The Balaban J connectivity index is 1.51. The van der Waals surface area contributed by atoms with Crippen LogP contribution in [0.3, 0.4) is 0 Å². The van der Waals surface area contributed by atoms with E-state index in [-0.39, 0.29) is 12.3 Å². The Labute approximate surface area is 157 Å². The van der Waals surface area contributed by atoms with Gasteiger partial charge in [0.2, 0.25) is 5.91 Å². The van der Waals surface area contributed by atoms with Gasteiger partial charge in [0.1, 0.15) is 5.82 Å². The van der Waals surface area contributed by atoms with E-state index >= 15 is 0 Å². The molecule has 2 aromatic carbocycles. The second-order valence-corrected chi connectivity index (χ2v) is 6.43. The zero-order valence-electron chi connectivity index (χ0n) is 14.4. The summed E-state index contributed by atoms with van der Waals surface area (Å²) < 4.78 is 0. The van der Waals surface area contributed by atoms with Crippen molar-refractivity contribution in [3.05, 3.63) is 82.4 Å². The lowest BCUT2D eigenvalue weighted by Crippen LogP contribution is -2.15. The zero-order valence-corrected chi connectivity index (χ0v) is 15.1. The smallest absolute Gasteiger partial charge is 0.229 e. The highest BCUT2D eigenvalue weighted by Crippen LogP contribution is 2.12. The highest BCUT2D eigenvalue weighted by Gasteiger charge is 2.06. The fourth-order valence-electron chi connectivity index (χ4n) is 2.37. The van der Waals surface area contributed by atoms with Gasteiger partial charge >= 0.3 is 0 Å². The fourth-order valence-corrected chi connectivity index (χ4v) is 2.49. The number of carbonyl (C=O) groups is 1. The summed E-state index contributed by atoms with van der Waals surface area (Å²) in [6, 6.07) is 19.0. The Morgan fingerprint density at radius 2 is 1.50 bits per heavy atom. The van der Waals surface area contributed by atoms with E-state index < -0.39 is 0 Å². The molecule has 0 aliphatic heterocycles. The average molecular weight is 367 g/mol. The zero-order chi connectivity index (χ0) is 18.4. The van der Waals surface area contributed by atoms with E-state index in [2.05, 4.69) is 52.0 Å². The van der Waals surface area contributed by atoms with Crippen LogP contribution in [0.5, 0.6) is 0 Å².